The first-order valence-corrected chi connectivity index (χ1v) is 14.3. The number of carbonyl (C=O) groups excluding carboxylic acids is 1. The molecule has 2 heterocycles. The molecule has 1 aliphatic rings. The molecule has 3 aromatic carbocycles. The van der Waals surface area contributed by atoms with Gasteiger partial charge in [0, 0.05) is 18.2 Å². The molecule has 0 radical (unpaired) electrons. The van der Waals surface area contributed by atoms with Crippen LogP contribution in [0.3, 0.4) is 0 Å². The van der Waals surface area contributed by atoms with Crippen molar-refractivity contribution in [2.75, 3.05) is 13.1 Å². The van der Waals surface area contributed by atoms with Crippen LogP contribution >= 0.6 is 0 Å². The monoisotopic (exact) mass is 584 g/mol. The number of aryl methyl sites for hydroxylation is 1. The van der Waals surface area contributed by atoms with Crippen LogP contribution in [0.25, 0.3) is 22.5 Å². The van der Waals surface area contributed by atoms with Gasteiger partial charge in [0.15, 0.2) is 5.75 Å². The molecule has 0 aliphatic carbocycles. The van der Waals surface area contributed by atoms with Crippen molar-refractivity contribution < 1.29 is 30.6 Å². The number of hydrogen-bond donors (Lipinski definition) is 2. The molecule has 1 saturated heterocycles. The van der Waals surface area contributed by atoms with Gasteiger partial charge in [-0.15, -0.1) is 0 Å². The van der Waals surface area contributed by atoms with Crippen LogP contribution in [0.1, 0.15) is 17.5 Å². The lowest BCUT2D eigenvalue weighted by Crippen LogP contribution is -2.38. The summed E-state index contributed by atoms with van der Waals surface area (Å²) < 4.78 is 72.7. The van der Waals surface area contributed by atoms with Crippen LogP contribution in [0.5, 0.6) is 5.75 Å². The molecule has 0 spiro atoms. The minimum Gasteiger partial charge on any atom is -0.378 e. The third-order valence-electron chi connectivity index (χ3n) is 6.63. The predicted molar refractivity (Wildman–Crippen MR) is 147 cm³/mol. The Morgan fingerprint density at radius 3 is 2.56 bits per heavy atom. The van der Waals surface area contributed by atoms with Gasteiger partial charge in [0.1, 0.15) is 11.4 Å². The lowest BCUT2D eigenvalue weighted by Gasteiger charge is -2.13. The predicted octanol–water partition coefficient (Wildman–Crippen LogP) is 4.79. The third kappa shape index (κ3) is 6.60. The molecular formula is C29H27F3N4O4S. The van der Waals surface area contributed by atoms with Crippen molar-refractivity contribution in [1.29, 1.82) is 0 Å². The number of amides is 1. The van der Waals surface area contributed by atoms with Crippen LogP contribution in [-0.4, -0.2) is 43.2 Å². The van der Waals surface area contributed by atoms with E-state index in [0.29, 0.717) is 29.6 Å². The highest BCUT2D eigenvalue weighted by atomic mass is 32.2. The third-order valence-corrected chi connectivity index (χ3v) is 7.86. The molecule has 8 nitrogen and oxygen atoms in total. The smallest absolute Gasteiger partial charge is 0.378 e. The Bertz CT molecular complexity index is 1670. The Labute approximate surface area is 235 Å². The fourth-order valence-corrected chi connectivity index (χ4v) is 5.60. The van der Waals surface area contributed by atoms with Crippen molar-refractivity contribution in [3.8, 4) is 28.3 Å². The molecule has 1 fully saturated rings. The Balaban J connectivity index is 1.51. The summed E-state index contributed by atoms with van der Waals surface area (Å²) in [4.78, 5) is 12.2. The quantitative estimate of drug-likeness (QED) is 0.289. The van der Waals surface area contributed by atoms with Gasteiger partial charge in [0.25, 0.3) is 0 Å². The van der Waals surface area contributed by atoms with Gasteiger partial charge in [0.2, 0.25) is 5.91 Å². The van der Waals surface area contributed by atoms with Gasteiger partial charge in [-0.1, -0.05) is 48.0 Å². The standard InChI is InChI=1S/C29H27F3N4O4S/c1-19-10-11-27(40-41(38,39)23-9-5-8-21(15-23)29(30,31)32)24(14-19)25-16-26(20-6-3-2-4-7-20)36(35-25)18-28(37)34-22-12-13-33-17-22/h2-11,14-16,22,33H,12-13,17-18H2,1H3,(H,34,37)/t22-/m0/s1. The molecule has 1 amide bonds. The highest BCUT2D eigenvalue weighted by molar-refractivity contribution is 7.87. The molecule has 0 bridgehead atoms. The van der Waals surface area contributed by atoms with E-state index in [4.69, 9.17) is 4.18 Å². The zero-order valence-electron chi connectivity index (χ0n) is 22.0. The summed E-state index contributed by atoms with van der Waals surface area (Å²) in [5.41, 5.74) is 1.70. The number of rotatable bonds is 8. The first-order chi connectivity index (χ1) is 19.5. The zero-order chi connectivity index (χ0) is 29.2. The fraction of sp³-hybridized carbons (Fsp3) is 0.241. The maximum atomic E-state index is 13.2. The number of benzene rings is 3. The normalized spacial score (nSPS) is 15.6. The minimum absolute atomic E-state index is 0.0236. The summed E-state index contributed by atoms with van der Waals surface area (Å²) in [7, 11) is -4.63. The molecule has 41 heavy (non-hydrogen) atoms. The molecular weight excluding hydrogens is 557 g/mol. The SMILES string of the molecule is Cc1ccc(OS(=O)(=O)c2cccc(C(F)(F)F)c2)c(-c2cc(-c3ccccc3)n(CC(=O)N[C@H]3CCNC3)n2)c1. The summed E-state index contributed by atoms with van der Waals surface area (Å²) in [6.07, 6.45) is -3.90. The van der Waals surface area contributed by atoms with E-state index in [1.807, 2.05) is 30.3 Å². The Kier molecular flexibility index (Phi) is 7.87. The largest absolute Gasteiger partial charge is 0.416 e. The van der Waals surface area contributed by atoms with E-state index >= 15 is 0 Å². The molecule has 5 rings (SSSR count). The summed E-state index contributed by atoms with van der Waals surface area (Å²) in [5, 5.41) is 10.8. The second-order valence-electron chi connectivity index (χ2n) is 9.76. The number of halogens is 3. The maximum absolute atomic E-state index is 13.2. The molecule has 0 unspecified atom stereocenters. The van der Waals surface area contributed by atoms with E-state index in [2.05, 4.69) is 15.7 Å². The van der Waals surface area contributed by atoms with Crippen LogP contribution < -0.4 is 14.8 Å². The van der Waals surface area contributed by atoms with E-state index < -0.39 is 26.8 Å². The number of hydrogen-bond acceptors (Lipinski definition) is 6. The first kappa shape index (κ1) is 28.4. The van der Waals surface area contributed by atoms with Crippen molar-refractivity contribution in [2.24, 2.45) is 0 Å². The number of carbonyl (C=O) groups is 1. The summed E-state index contributed by atoms with van der Waals surface area (Å²) in [6.45, 7) is 3.23. The molecule has 4 aromatic rings. The Hall–Kier alpha value is -4.16. The van der Waals surface area contributed by atoms with Crippen LogP contribution in [0.15, 0.2) is 83.8 Å². The number of nitrogens with zero attached hydrogens (tertiary/aromatic N) is 2. The van der Waals surface area contributed by atoms with Gasteiger partial charge in [-0.2, -0.15) is 26.7 Å². The summed E-state index contributed by atoms with van der Waals surface area (Å²) >= 11 is 0. The van der Waals surface area contributed by atoms with Crippen molar-refractivity contribution in [2.45, 2.75) is 37.0 Å². The molecule has 0 saturated carbocycles. The highest BCUT2D eigenvalue weighted by Crippen LogP contribution is 2.36. The Morgan fingerprint density at radius 1 is 1.07 bits per heavy atom. The van der Waals surface area contributed by atoms with E-state index in [1.165, 1.54) is 10.7 Å². The highest BCUT2D eigenvalue weighted by Gasteiger charge is 2.32. The van der Waals surface area contributed by atoms with E-state index in [1.54, 1.807) is 25.1 Å². The molecule has 2 N–H and O–H groups in total. The Morgan fingerprint density at radius 2 is 1.85 bits per heavy atom. The van der Waals surface area contributed by atoms with Gasteiger partial charge >= 0.3 is 16.3 Å². The van der Waals surface area contributed by atoms with Gasteiger partial charge in [-0.3, -0.25) is 9.48 Å². The van der Waals surface area contributed by atoms with Gasteiger partial charge < -0.3 is 14.8 Å². The molecule has 1 aromatic heterocycles. The van der Waals surface area contributed by atoms with Gasteiger partial charge in [-0.05, 0) is 61.9 Å². The molecule has 1 aliphatic heterocycles. The number of nitrogens with one attached hydrogen (secondary N) is 2. The number of aromatic nitrogens is 2. The van der Waals surface area contributed by atoms with Crippen molar-refractivity contribution in [3.05, 3.63) is 90.0 Å². The fourth-order valence-electron chi connectivity index (χ4n) is 4.61. The van der Waals surface area contributed by atoms with E-state index in [9.17, 15) is 26.4 Å². The molecule has 214 valence electrons. The molecule has 12 heteroatoms. The van der Waals surface area contributed by atoms with Crippen molar-refractivity contribution >= 4 is 16.0 Å². The average Bonchev–Trinajstić information content (AvgIpc) is 3.60. The topological polar surface area (TPSA) is 102 Å². The lowest BCUT2D eigenvalue weighted by atomic mass is 10.1. The van der Waals surface area contributed by atoms with Crippen molar-refractivity contribution in [1.82, 2.24) is 20.4 Å². The molecule has 1 atom stereocenters. The minimum atomic E-state index is -4.72. The van der Waals surface area contributed by atoms with E-state index in [-0.39, 0.29) is 24.2 Å². The van der Waals surface area contributed by atoms with Crippen LogP contribution in [-0.2, 0) is 27.6 Å². The second-order valence-corrected chi connectivity index (χ2v) is 11.3. The maximum Gasteiger partial charge on any atom is 0.416 e. The number of alkyl halides is 3. The van der Waals surface area contributed by atoms with E-state index in [0.717, 1.165) is 42.3 Å². The summed E-state index contributed by atoms with van der Waals surface area (Å²) in [5.74, 6) is -0.336. The second kappa shape index (κ2) is 11.4. The average molecular weight is 585 g/mol. The van der Waals surface area contributed by atoms with Crippen LogP contribution in [0, 0.1) is 6.92 Å². The summed E-state index contributed by atoms with van der Waals surface area (Å²) in [6, 6.07) is 19.1. The van der Waals surface area contributed by atoms with Crippen molar-refractivity contribution in [3.63, 3.8) is 0 Å². The first-order valence-electron chi connectivity index (χ1n) is 12.9. The van der Waals surface area contributed by atoms with Crippen LogP contribution in [0.4, 0.5) is 13.2 Å². The van der Waals surface area contributed by atoms with Gasteiger partial charge in [-0.25, -0.2) is 0 Å². The van der Waals surface area contributed by atoms with Gasteiger partial charge in [0.05, 0.1) is 17.0 Å². The zero-order valence-corrected chi connectivity index (χ0v) is 22.8. The lowest BCUT2D eigenvalue weighted by molar-refractivity contribution is -0.137. The van der Waals surface area contributed by atoms with Crippen LogP contribution in [0.2, 0.25) is 0 Å².